The fourth-order valence-electron chi connectivity index (χ4n) is 6.95. The lowest BCUT2D eigenvalue weighted by Crippen LogP contribution is -2.30. The first-order valence-corrected chi connectivity index (χ1v) is 24.5. The van der Waals surface area contributed by atoms with Crippen LogP contribution >= 0.6 is 0 Å². The van der Waals surface area contributed by atoms with E-state index in [1.165, 1.54) is 161 Å². The zero-order valence-electron chi connectivity index (χ0n) is 37.7. The Labute approximate surface area is 349 Å². The molecule has 0 bridgehead atoms. The molecule has 0 N–H and O–H groups in total. The molecule has 0 amide bonds. The predicted molar refractivity (Wildman–Crippen MR) is 242 cm³/mol. The van der Waals surface area contributed by atoms with Crippen LogP contribution in [0.3, 0.4) is 0 Å². The van der Waals surface area contributed by atoms with Gasteiger partial charge in [-0.2, -0.15) is 0 Å². The minimum Gasteiger partial charge on any atom is -0.462 e. The van der Waals surface area contributed by atoms with Crippen molar-refractivity contribution in [1.29, 1.82) is 0 Å². The Morgan fingerprint density at radius 2 is 0.786 bits per heavy atom. The summed E-state index contributed by atoms with van der Waals surface area (Å²) in [6, 6.07) is 0. The van der Waals surface area contributed by atoms with E-state index >= 15 is 0 Å². The van der Waals surface area contributed by atoms with E-state index in [0.29, 0.717) is 19.4 Å². The number of hydrogen-bond donors (Lipinski definition) is 0. The molecule has 0 rings (SSSR count). The van der Waals surface area contributed by atoms with Gasteiger partial charge in [-0.05, 0) is 70.6 Å². The van der Waals surface area contributed by atoms with Gasteiger partial charge in [-0.15, -0.1) is 0 Å². The number of unbranched alkanes of at least 4 members (excludes halogenated alkanes) is 28. The van der Waals surface area contributed by atoms with Crippen molar-refractivity contribution >= 4 is 11.9 Å². The highest BCUT2D eigenvalue weighted by Crippen LogP contribution is 2.14. The molecular weight excluding hydrogens is 693 g/mol. The lowest BCUT2D eigenvalue weighted by atomic mass is 10.1. The molecule has 0 aromatic rings. The van der Waals surface area contributed by atoms with E-state index in [-0.39, 0.29) is 25.2 Å². The molecule has 5 heteroatoms. The molecule has 0 radical (unpaired) electrons. The van der Waals surface area contributed by atoms with Crippen LogP contribution in [-0.4, -0.2) is 37.9 Å². The van der Waals surface area contributed by atoms with Gasteiger partial charge in [0.1, 0.15) is 6.61 Å². The Morgan fingerprint density at radius 3 is 1.27 bits per heavy atom. The van der Waals surface area contributed by atoms with Crippen LogP contribution in [0.2, 0.25) is 0 Å². The van der Waals surface area contributed by atoms with Crippen molar-refractivity contribution in [3.63, 3.8) is 0 Å². The van der Waals surface area contributed by atoms with Crippen LogP contribution in [-0.2, 0) is 23.8 Å². The van der Waals surface area contributed by atoms with Crippen LogP contribution in [0.4, 0.5) is 0 Å². The number of rotatable bonds is 45. The monoisotopic (exact) mass is 787 g/mol. The van der Waals surface area contributed by atoms with Gasteiger partial charge in [-0.25, -0.2) is 0 Å². The molecule has 0 fully saturated rings. The van der Waals surface area contributed by atoms with Crippen LogP contribution < -0.4 is 0 Å². The number of hydrogen-bond acceptors (Lipinski definition) is 5. The fraction of sp³-hybridized carbons (Fsp3) is 0.843. The van der Waals surface area contributed by atoms with Crippen LogP contribution in [0.5, 0.6) is 0 Å². The minimum absolute atomic E-state index is 0.0806. The number of carbonyl (C=O) groups is 2. The van der Waals surface area contributed by atoms with Gasteiger partial charge in [0.2, 0.25) is 0 Å². The van der Waals surface area contributed by atoms with Crippen LogP contribution in [0, 0.1) is 0 Å². The Bertz CT molecular complexity index is 893. The highest BCUT2D eigenvalue weighted by Gasteiger charge is 2.17. The average Bonchev–Trinajstić information content (AvgIpc) is 3.20. The summed E-state index contributed by atoms with van der Waals surface area (Å²) in [7, 11) is 0. The van der Waals surface area contributed by atoms with Crippen molar-refractivity contribution in [3.05, 3.63) is 36.5 Å². The van der Waals surface area contributed by atoms with E-state index in [4.69, 9.17) is 14.2 Å². The van der Waals surface area contributed by atoms with E-state index < -0.39 is 6.10 Å². The number of carbonyl (C=O) groups excluding carboxylic acids is 2. The lowest BCUT2D eigenvalue weighted by molar-refractivity contribution is -0.163. The highest BCUT2D eigenvalue weighted by molar-refractivity contribution is 5.70. The molecule has 5 nitrogen and oxygen atoms in total. The molecule has 0 heterocycles. The second-order valence-electron chi connectivity index (χ2n) is 16.4. The summed E-state index contributed by atoms with van der Waals surface area (Å²) < 4.78 is 17.3. The largest absolute Gasteiger partial charge is 0.462 e. The first-order chi connectivity index (χ1) is 27.6. The van der Waals surface area contributed by atoms with Crippen molar-refractivity contribution < 1.29 is 23.8 Å². The second kappa shape index (κ2) is 47.5. The number of ether oxygens (including phenoxy) is 3. The highest BCUT2D eigenvalue weighted by atomic mass is 16.6. The molecule has 0 aliphatic carbocycles. The Balaban J connectivity index is 4.18. The van der Waals surface area contributed by atoms with Crippen LogP contribution in [0.15, 0.2) is 36.5 Å². The van der Waals surface area contributed by atoms with E-state index in [1.807, 2.05) is 0 Å². The van der Waals surface area contributed by atoms with E-state index in [2.05, 4.69) is 57.2 Å². The molecule has 0 aliphatic rings. The molecule has 1 atom stereocenters. The summed E-state index contributed by atoms with van der Waals surface area (Å²) in [5, 5.41) is 0. The van der Waals surface area contributed by atoms with Gasteiger partial charge in [-0.1, -0.05) is 205 Å². The first-order valence-electron chi connectivity index (χ1n) is 24.5. The van der Waals surface area contributed by atoms with Gasteiger partial charge in [0.05, 0.1) is 6.61 Å². The lowest BCUT2D eigenvalue weighted by Gasteiger charge is -2.18. The van der Waals surface area contributed by atoms with Crippen molar-refractivity contribution in [2.75, 3.05) is 19.8 Å². The molecule has 1 unspecified atom stereocenters. The van der Waals surface area contributed by atoms with Gasteiger partial charge in [0, 0.05) is 19.4 Å². The maximum atomic E-state index is 12.7. The Morgan fingerprint density at radius 1 is 0.393 bits per heavy atom. The van der Waals surface area contributed by atoms with E-state index in [0.717, 1.165) is 57.8 Å². The molecule has 0 aromatic heterocycles. The summed E-state index contributed by atoms with van der Waals surface area (Å²) >= 11 is 0. The average molecular weight is 787 g/mol. The summed E-state index contributed by atoms with van der Waals surface area (Å²) in [6.07, 6.45) is 55.8. The summed E-state index contributed by atoms with van der Waals surface area (Å²) in [5.74, 6) is -0.409. The Kier molecular flexibility index (Phi) is 45.9. The third-order valence-corrected chi connectivity index (χ3v) is 10.6. The van der Waals surface area contributed by atoms with Crippen molar-refractivity contribution in [3.8, 4) is 0 Å². The third-order valence-electron chi connectivity index (χ3n) is 10.6. The van der Waals surface area contributed by atoms with E-state index in [9.17, 15) is 9.59 Å². The van der Waals surface area contributed by atoms with E-state index in [1.54, 1.807) is 0 Å². The predicted octanol–water partition coefficient (Wildman–Crippen LogP) is 16.2. The maximum Gasteiger partial charge on any atom is 0.306 e. The first kappa shape index (κ1) is 54.1. The molecule has 0 aliphatic heterocycles. The molecule has 56 heavy (non-hydrogen) atoms. The number of allylic oxidation sites excluding steroid dienone is 6. The molecule has 0 saturated carbocycles. The van der Waals surface area contributed by atoms with Crippen molar-refractivity contribution in [2.45, 2.75) is 258 Å². The smallest absolute Gasteiger partial charge is 0.306 e. The molecule has 328 valence electrons. The topological polar surface area (TPSA) is 61.8 Å². The van der Waals surface area contributed by atoms with Crippen LogP contribution in [0.1, 0.15) is 252 Å². The van der Waals surface area contributed by atoms with Crippen LogP contribution in [0.25, 0.3) is 0 Å². The zero-order chi connectivity index (χ0) is 40.7. The molecule has 0 aromatic carbocycles. The summed E-state index contributed by atoms with van der Waals surface area (Å²) in [6.45, 7) is 7.75. The normalized spacial score (nSPS) is 12.4. The Hall–Kier alpha value is -1.88. The fourth-order valence-corrected chi connectivity index (χ4v) is 6.95. The van der Waals surface area contributed by atoms with Gasteiger partial charge in [-0.3, -0.25) is 9.59 Å². The van der Waals surface area contributed by atoms with Gasteiger partial charge < -0.3 is 14.2 Å². The second-order valence-corrected chi connectivity index (χ2v) is 16.4. The van der Waals surface area contributed by atoms with Gasteiger partial charge in [0.15, 0.2) is 6.10 Å². The third kappa shape index (κ3) is 44.8. The zero-order valence-corrected chi connectivity index (χ0v) is 37.7. The SMILES string of the molecule is CCC/C=C\C/C=C\CCCCCCCC(=O)OCC(COCCCCCCCCCC/C=C\CCCCCCCC)OC(=O)CCCCCCCCCCC. The standard InChI is InChI=1S/C51H94O5/c1-4-7-10-13-16-19-21-23-24-25-26-27-29-31-34-37-40-43-46-54-47-49(56-51(53)45-42-39-36-32-18-15-12-9-6-3)48-55-50(52)44-41-38-35-33-30-28-22-20-17-14-11-8-5-2/h11,14,20,22-24,49H,4-10,12-13,15-19,21,25-48H2,1-3H3/b14-11-,22-20-,24-23-. The van der Waals surface area contributed by atoms with Gasteiger partial charge in [0.25, 0.3) is 0 Å². The minimum atomic E-state index is -0.536. The molecular formula is C51H94O5. The van der Waals surface area contributed by atoms with Crippen molar-refractivity contribution in [2.24, 2.45) is 0 Å². The molecule has 0 saturated heterocycles. The molecule has 0 spiro atoms. The quantitative estimate of drug-likeness (QED) is 0.0349. The summed E-state index contributed by atoms with van der Waals surface area (Å²) in [5.41, 5.74) is 0. The maximum absolute atomic E-state index is 12.7. The van der Waals surface area contributed by atoms with Crippen molar-refractivity contribution in [1.82, 2.24) is 0 Å². The summed E-state index contributed by atoms with van der Waals surface area (Å²) in [4.78, 5) is 25.2. The number of esters is 2. The van der Waals surface area contributed by atoms with Gasteiger partial charge >= 0.3 is 11.9 Å².